The minimum atomic E-state index is -4.44. The number of hydrogen-bond donors (Lipinski definition) is 4. The first-order chi connectivity index (χ1) is 35.6. The predicted molar refractivity (Wildman–Crippen MR) is 280 cm³/mol. The maximum absolute atomic E-state index is 13.2. The summed E-state index contributed by atoms with van der Waals surface area (Å²) in [6.07, 6.45) is -2.20. The molecule has 2 aliphatic rings. The van der Waals surface area contributed by atoms with E-state index in [-0.39, 0.29) is 69.2 Å². The van der Waals surface area contributed by atoms with Crippen molar-refractivity contribution in [2.45, 2.75) is 65.5 Å². The number of amides is 2. The summed E-state index contributed by atoms with van der Waals surface area (Å²) in [5.41, 5.74) is 1.60. The van der Waals surface area contributed by atoms with Gasteiger partial charge < -0.3 is 26.2 Å². The number of nitro benzene ring substituents is 2. The van der Waals surface area contributed by atoms with Crippen molar-refractivity contribution >= 4 is 83.0 Å². The second kappa shape index (κ2) is 24.1. The summed E-state index contributed by atoms with van der Waals surface area (Å²) in [5.74, 6) is -0.992. The van der Waals surface area contributed by atoms with Crippen LogP contribution in [0.1, 0.15) is 61.7 Å². The monoisotopic (exact) mass is 1110 g/mol. The van der Waals surface area contributed by atoms with Crippen LogP contribution >= 0.6 is 22.7 Å². The molecule has 0 atom stereocenters. The number of alkyl halides is 3. The normalized spacial score (nSPS) is 15.0. The van der Waals surface area contributed by atoms with E-state index in [2.05, 4.69) is 27.3 Å². The lowest BCUT2D eigenvalue weighted by molar-refractivity contribution is -0.385. The Hall–Kier alpha value is -6.97. The molecule has 2 amide bonds. The Morgan fingerprint density at radius 2 is 1.03 bits per heavy atom. The number of benzene rings is 4. The molecule has 398 valence electrons. The Kier molecular flexibility index (Phi) is 18.0. The minimum Gasteiger partial charge on any atom is -0.382 e. The maximum atomic E-state index is 13.2. The molecule has 2 saturated heterocycles. The molecule has 0 radical (unpaired) electrons. The van der Waals surface area contributed by atoms with Gasteiger partial charge in [-0.15, -0.1) is 22.7 Å². The van der Waals surface area contributed by atoms with E-state index < -0.39 is 53.4 Å². The van der Waals surface area contributed by atoms with Crippen LogP contribution < -0.4 is 26.2 Å². The summed E-state index contributed by atoms with van der Waals surface area (Å²) < 4.78 is 94.7. The second-order valence-electron chi connectivity index (χ2n) is 17.6. The summed E-state index contributed by atoms with van der Waals surface area (Å²) in [6, 6.07) is 30.1. The molecule has 2 aromatic heterocycles. The number of rotatable bonds is 17. The molecule has 4 aromatic carbocycles. The lowest BCUT2D eigenvalue weighted by atomic mass is 10.1. The molecule has 4 N–H and O–H groups in total. The van der Waals surface area contributed by atoms with Crippen LogP contribution in [0.4, 0.5) is 41.6 Å². The van der Waals surface area contributed by atoms with Crippen LogP contribution in [0.25, 0.3) is 0 Å². The van der Waals surface area contributed by atoms with Gasteiger partial charge in [-0.3, -0.25) is 29.8 Å². The third kappa shape index (κ3) is 14.7. The van der Waals surface area contributed by atoms with Crippen molar-refractivity contribution in [3.63, 3.8) is 0 Å². The molecule has 75 heavy (non-hydrogen) atoms. The zero-order valence-corrected chi connectivity index (χ0v) is 43.6. The molecule has 19 nitrogen and oxygen atoms in total. The fourth-order valence-electron chi connectivity index (χ4n) is 8.11. The number of hydrogen-bond acceptors (Lipinski definition) is 15. The molecule has 26 heteroatoms. The number of nitrogens with zero attached hydrogens (tertiary/aromatic N) is 5. The van der Waals surface area contributed by atoms with Gasteiger partial charge in [0.05, 0.1) is 28.5 Å². The van der Waals surface area contributed by atoms with Gasteiger partial charge in [-0.2, -0.15) is 21.8 Å². The number of sulfonamides is 2. The van der Waals surface area contributed by atoms with Crippen LogP contribution in [0.5, 0.6) is 0 Å². The van der Waals surface area contributed by atoms with Gasteiger partial charge in [0.15, 0.2) is 0 Å². The van der Waals surface area contributed by atoms with Crippen molar-refractivity contribution in [3.8, 4) is 0 Å². The Morgan fingerprint density at radius 3 is 1.44 bits per heavy atom. The van der Waals surface area contributed by atoms with E-state index in [0.29, 0.717) is 54.2 Å². The number of piperidine rings is 2. The largest absolute Gasteiger partial charge is 0.416 e. The Bertz CT molecular complexity index is 3250. The number of halogens is 3. The maximum Gasteiger partial charge on any atom is 0.416 e. The van der Waals surface area contributed by atoms with Crippen LogP contribution in [0.2, 0.25) is 0 Å². The van der Waals surface area contributed by atoms with Gasteiger partial charge in [0.1, 0.15) is 8.42 Å². The highest BCUT2D eigenvalue weighted by Crippen LogP contribution is 2.33. The van der Waals surface area contributed by atoms with Gasteiger partial charge >= 0.3 is 6.18 Å². The van der Waals surface area contributed by atoms with Crippen molar-refractivity contribution in [2.24, 2.45) is 0 Å². The van der Waals surface area contributed by atoms with Gasteiger partial charge in [-0.1, -0.05) is 24.3 Å². The fraction of sp³-hybridized carbons (Fsp3) is 0.306. The minimum absolute atomic E-state index is 0.0463. The van der Waals surface area contributed by atoms with E-state index in [1.807, 2.05) is 37.2 Å². The smallest absolute Gasteiger partial charge is 0.382 e. The van der Waals surface area contributed by atoms with Crippen LogP contribution in [-0.2, 0) is 39.3 Å². The molecule has 0 spiro atoms. The van der Waals surface area contributed by atoms with Gasteiger partial charge in [0.25, 0.3) is 43.2 Å². The van der Waals surface area contributed by atoms with Crippen molar-refractivity contribution in [1.82, 2.24) is 19.2 Å². The molecule has 0 unspecified atom stereocenters. The molecule has 2 fully saturated rings. The molecule has 8 rings (SSSR count). The SMILES string of the molecule is CN(C)c1cccc(NC2CCN(S(=O)(=O)c3ccc(CNC(=O)c4cccc([N+](=O)[O-])c4)s3)CC2)c1.O=C(NCc1ccc(S(=O)(=O)N2CCC(Nc3cccc(C(F)(F)F)c3)CC2)s1)c1cccc([N+](=O)[O-])c1. The number of non-ortho nitro benzene ring substituents is 2. The van der Waals surface area contributed by atoms with Gasteiger partial charge in [-0.25, -0.2) is 16.8 Å². The van der Waals surface area contributed by atoms with E-state index in [1.54, 1.807) is 24.3 Å². The molecule has 2 aliphatic heterocycles. The molecule has 6 aromatic rings. The van der Waals surface area contributed by atoms with Crippen LogP contribution in [0, 0.1) is 20.2 Å². The third-order valence-electron chi connectivity index (χ3n) is 12.1. The highest BCUT2D eigenvalue weighted by atomic mass is 32.3. The Morgan fingerprint density at radius 1 is 0.613 bits per heavy atom. The second-order valence-corrected chi connectivity index (χ2v) is 24.3. The van der Waals surface area contributed by atoms with Crippen LogP contribution in [0.3, 0.4) is 0 Å². The first-order valence-corrected chi connectivity index (χ1v) is 27.8. The van der Waals surface area contributed by atoms with Gasteiger partial charge in [-0.05, 0) is 98.5 Å². The average Bonchev–Trinajstić information content (AvgIpc) is 4.10. The molecule has 0 aliphatic carbocycles. The van der Waals surface area contributed by atoms with E-state index in [1.165, 1.54) is 63.2 Å². The van der Waals surface area contributed by atoms with E-state index in [0.717, 1.165) is 52.2 Å². The van der Waals surface area contributed by atoms with E-state index in [4.69, 9.17) is 0 Å². The van der Waals surface area contributed by atoms with Crippen molar-refractivity contribution < 1.29 is 49.4 Å². The van der Waals surface area contributed by atoms with Gasteiger partial charge in [0.2, 0.25) is 0 Å². The van der Waals surface area contributed by atoms with Crippen molar-refractivity contribution in [3.05, 3.63) is 168 Å². The molecule has 4 heterocycles. The Labute approximate surface area is 438 Å². The first kappa shape index (κ1) is 55.8. The number of thiophene rings is 2. The standard InChI is InChI=1S/C25H29N5O5S2.C24H23F3N4O5S2/c1-28(2)21-7-4-6-20(16-21)27-19-11-13-29(14-12-19)37(34,35)24-10-9-23(36-24)17-26-25(31)18-5-3-8-22(15-18)30(32)33;25-24(26,27)17-4-2-5-19(14-17)29-18-9-11-30(12-10-18)38(35,36)22-8-7-21(37-22)15-28-23(32)16-3-1-6-20(13-16)31(33)34/h3-10,15-16,19,27H,11-14,17H2,1-2H3,(H,26,31);1-8,13-14,18,29H,9-12,15H2,(H,28,32). The molecular weight excluding hydrogens is 1060 g/mol. The predicted octanol–water partition coefficient (Wildman–Crippen LogP) is 8.79. The highest BCUT2D eigenvalue weighted by molar-refractivity contribution is 7.91. The van der Waals surface area contributed by atoms with E-state index in [9.17, 15) is 59.8 Å². The summed E-state index contributed by atoms with van der Waals surface area (Å²) in [6.45, 7) is 1.42. The zero-order valence-electron chi connectivity index (χ0n) is 40.4. The first-order valence-electron chi connectivity index (χ1n) is 23.3. The molecule has 0 saturated carbocycles. The van der Waals surface area contributed by atoms with Crippen LogP contribution in [-0.4, -0.2) is 99.5 Å². The summed E-state index contributed by atoms with van der Waals surface area (Å²) >= 11 is 2.12. The van der Waals surface area contributed by atoms with Crippen LogP contribution in [0.15, 0.2) is 130 Å². The van der Waals surface area contributed by atoms with Crippen molar-refractivity contribution in [2.75, 3.05) is 55.8 Å². The number of carbonyl (C=O) groups is 2. The number of anilines is 3. The summed E-state index contributed by atoms with van der Waals surface area (Å²) in [4.78, 5) is 48.7. The lowest BCUT2D eigenvalue weighted by Gasteiger charge is -2.32. The number of nitro groups is 2. The molecular formula is C49H52F3N9O10S4. The van der Waals surface area contributed by atoms with E-state index >= 15 is 0 Å². The summed E-state index contributed by atoms with van der Waals surface area (Å²) in [5, 5.41) is 33.7. The summed E-state index contributed by atoms with van der Waals surface area (Å²) in [7, 11) is -3.43. The topological polar surface area (TPSA) is 247 Å². The average molecular weight is 1110 g/mol. The lowest BCUT2D eigenvalue weighted by Crippen LogP contribution is -2.42. The highest BCUT2D eigenvalue weighted by Gasteiger charge is 2.34. The quantitative estimate of drug-likeness (QED) is 0.0493. The number of nitrogens with one attached hydrogen (secondary N) is 4. The van der Waals surface area contributed by atoms with Crippen molar-refractivity contribution in [1.29, 1.82) is 0 Å². The Balaban J connectivity index is 0.000000219. The number of carbonyl (C=O) groups excluding carboxylic acids is 2. The molecule has 0 bridgehead atoms. The van der Waals surface area contributed by atoms with Gasteiger partial charge in [0, 0.05) is 115 Å². The fourth-order valence-corrected chi connectivity index (χ4v) is 13.9. The third-order valence-corrected chi connectivity index (χ3v) is 19.1. The zero-order chi connectivity index (χ0) is 54.1.